The Morgan fingerprint density at radius 3 is 2.22 bits per heavy atom. The van der Waals surface area contributed by atoms with Gasteiger partial charge in [0, 0.05) is 19.4 Å². The maximum Gasteiger partial charge on any atom is 0.259 e. The van der Waals surface area contributed by atoms with Crippen LogP contribution in [0.4, 0.5) is 4.39 Å². The second kappa shape index (κ2) is 17.1. The number of carbonyl (C=O) groups excluding carboxylic acids is 2. The smallest absolute Gasteiger partial charge is 0.259 e. The minimum atomic E-state index is -3.81. The first-order valence-electron chi connectivity index (χ1n) is 19.8. The molecule has 18 heteroatoms. The summed E-state index contributed by atoms with van der Waals surface area (Å²) < 4.78 is 54.7. The van der Waals surface area contributed by atoms with Crippen molar-refractivity contribution in [3.8, 4) is 6.07 Å². The molecule has 322 valence electrons. The molecule has 0 radical (unpaired) electrons. The van der Waals surface area contributed by atoms with Crippen LogP contribution >= 0.6 is 22.7 Å². The number of nitrogens with one attached hydrogen (secondary N) is 1. The maximum atomic E-state index is 16.6. The molecule has 0 bridgehead atoms. The fourth-order valence-electron chi connectivity index (χ4n) is 8.37. The van der Waals surface area contributed by atoms with Crippen molar-refractivity contribution in [2.45, 2.75) is 137 Å². The van der Waals surface area contributed by atoms with Crippen LogP contribution in [0.3, 0.4) is 0 Å². The number of halogens is 1. The molecule has 0 saturated heterocycles. The van der Waals surface area contributed by atoms with Crippen molar-refractivity contribution >= 4 is 54.3 Å². The number of nitrogens with zero attached hydrogens (tertiary/aromatic N) is 5. The first-order valence-corrected chi connectivity index (χ1v) is 24.5. The van der Waals surface area contributed by atoms with Crippen molar-refractivity contribution in [2.75, 3.05) is 7.05 Å². The van der Waals surface area contributed by atoms with Gasteiger partial charge in [-0.15, -0.1) is 27.0 Å². The van der Waals surface area contributed by atoms with E-state index >= 15 is 4.39 Å². The van der Waals surface area contributed by atoms with Crippen LogP contribution in [0.5, 0.6) is 0 Å². The van der Waals surface area contributed by atoms with E-state index in [2.05, 4.69) is 29.5 Å². The van der Waals surface area contributed by atoms with Gasteiger partial charge in [0.15, 0.2) is 19.8 Å². The van der Waals surface area contributed by atoms with Crippen LogP contribution in [0, 0.1) is 17.1 Å². The van der Waals surface area contributed by atoms with Crippen molar-refractivity contribution in [2.24, 2.45) is 13.9 Å². The van der Waals surface area contributed by atoms with Crippen molar-refractivity contribution in [1.82, 2.24) is 14.7 Å². The van der Waals surface area contributed by atoms with Gasteiger partial charge in [-0.25, -0.2) is 32.3 Å². The Balaban J connectivity index is 1.34. The molecule has 5 N–H and O–H groups in total. The molecule has 6 rings (SSSR count). The third kappa shape index (κ3) is 9.27. The molecule has 0 aliphatic heterocycles. The number of aromatic nitrogens is 2. The van der Waals surface area contributed by atoms with Gasteiger partial charge >= 0.3 is 0 Å². The van der Waals surface area contributed by atoms with Gasteiger partial charge in [-0.2, -0.15) is 5.26 Å². The molecule has 2 aliphatic carbocycles. The van der Waals surface area contributed by atoms with Gasteiger partial charge in [0.1, 0.15) is 11.9 Å². The highest BCUT2D eigenvalue weighted by Gasteiger charge is 2.35. The van der Waals surface area contributed by atoms with Gasteiger partial charge < -0.3 is 10.2 Å². The van der Waals surface area contributed by atoms with Crippen molar-refractivity contribution in [3.05, 3.63) is 90.2 Å². The van der Waals surface area contributed by atoms with Gasteiger partial charge in [-0.05, 0) is 135 Å². The Hall–Kier alpha value is -3.96. The number of thiazole rings is 2. The highest BCUT2D eigenvalue weighted by molar-refractivity contribution is 7.94. The summed E-state index contributed by atoms with van der Waals surface area (Å²) in [6, 6.07) is 5.66. The van der Waals surface area contributed by atoms with Gasteiger partial charge in [0.05, 0.1) is 39.4 Å². The van der Waals surface area contributed by atoms with Crippen molar-refractivity contribution < 1.29 is 32.6 Å². The van der Waals surface area contributed by atoms with E-state index in [-0.39, 0.29) is 38.1 Å². The maximum absolute atomic E-state index is 16.6. The molecule has 2 aromatic heterocycles. The standard InChI is InChI=1S/C42H52FN7O6S4/c1-22(2)29-16-27(19-44)38(43)36(31(29)18-34(51)49-59(45,55)39-47-20-32(57-39)41(4,5)53)23(3)14-25-12-13-26-15-24-10-9-11-28(24)30(37(25)26)17-35(52)50-60(56,46-8)40-48-21-33(58-40)42(6,7)54/h15-16,20-23,25,53-54H,9-14,17-18H2,1-8H3,(H2,45,49,51,55)(H,46,50,52,56). The highest BCUT2D eigenvalue weighted by atomic mass is 32.2. The van der Waals surface area contributed by atoms with E-state index in [0.29, 0.717) is 27.3 Å². The molecule has 2 aromatic carbocycles. The van der Waals surface area contributed by atoms with Crippen LogP contribution in [0.2, 0.25) is 0 Å². The first-order chi connectivity index (χ1) is 28.0. The number of amides is 2. The van der Waals surface area contributed by atoms with E-state index in [1.54, 1.807) is 13.8 Å². The lowest BCUT2D eigenvalue weighted by atomic mass is 9.78. The number of nitrogens with two attached hydrogens (primary N) is 1. The molecule has 0 spiro atoms. The first kappa shape index (κ1) is 45.6. The fourth-order valence-corrected chi connectivity index (χ4v) is 13.2. The van der Waals surface area contributed by atoms with E-state index in [4.69, 9.17) is 5.14 Å². The van der Waals surface area contributed by atoms with Crippen LogP contribution in [0.15, 0.2) is 41.9 Å². The zero-order valence-corrected chi connectivity index (χ0v) is 38.3. The Kier molecular flexibility index (Phi) is 13.0. The van der Waals surface area contributed by atoms with Crippen LogP contribution < -0.4 is 9.86 Å². The lowest BCUT2D eigenvalue weighted by molar-refractivity contribution is -0.119. The summed E-state index contributed by atoms with van der Waals surface area (Å²) in [5, 5.41) is 37.0. The highest BCUT2D eigenvalue weighted by Crippen LogP contribution is 2.47. The monoisotopic (exact) mass is 897 g/mol. The number of benzene rings is 2. The number of nitriles is 1. The van der Waals surface area contributed by atoms with E-state index in [0.717, 1.165) is 77.0 Å². The molecule has 4 unspecified atom stereocenters. The molecular weight excluding hydrogens is 846 g/mol. The SMILES string of the molecule is CN=S(=O)(NC(=O)Cc1c2c(cc3c1C(CC(C)c1c(F)c(C#N)cc(C(C)C)c1CC(=O)N=S(N)(=O)c1ncc(C(C)(C)O)s1)CC3)CCC2)c1ncc(C(C)(C)O)s1. The van der Waals surface area contributed by atoms with Crippen molar-refractivity contribution in [3.63, 3.8) is 0 Å². The third-order valence-corrected chi connectivity index (χ3v) is 18.0. The molecule has 2 heterocycles. The second-order valence-corrected chi connectivity index (χ2v) is 23.3. The van der Waals surface area contributed by atoms with Gasteiger partial charge in [0.25, 0.3) is 5.91 Å². The summed E-state index contributed by atoms with van der Waals surface area (Å²) in [4.78, 5) is 36.8. The molecular formula is C42H52FN7O6S4. The minimum Gasteiger partial charge on any atom is -0.385 e. The third-order valence-electron chi connectivity index (χ3n) is 11.2. The topological polar surface area (TPSA) is 221 Å². The number of hydrogen-bond acceptors (Lipinski definition) is 12. The predicted octanol–water partition coefficient (Wildman–Crippen LogP) is 7.10. The molecule has 60 heavy (non-hydrogen) atoms. The van der Waals surface area contributed by atoms with Gasteiger partial charge in [-0.3, -0.25) is 14.3 Å². The average Bonchev–Trinajstić information content (AvgIpc) is 3.98. The summed E-state index contributed by atoms with van der Waals surface area (Å²) in [6.07, 6.45) is 6.77. The Morgan fingerprint density at radius 2 is 1.63 bits per heavy atom. The van der Waals surface area contributed by atoms with E-state index in [1.807, 2.05) is 26.8 Å². The number of aryl methyl sites for hydroxylation is 2. The fraction of sp³-hybridized carbons (Fsp3) is 0.500. The second-order valence-electron chi connectivity index (χ2n) is 17.0. The summed E-state index contributed by atoms with van der Waals surface area (Å²) >= 11 is 1.91. The van der Waals surface area contributed by atoms with Crippen molar-refractivity contribution in [1.29, 1.82) is 5.26 Å². The number of carbonyl (C=O) groups is 2. The Morgan fingerprint density at radius 1 is 1.00 bits per heavy atom. The van der Waals surface area contributed by atoms with Gasteiger partial charge in [-0.1, -0.05) is 26.8 Å². The predicted molar refractivity (Wildman–Crippen MR) is 231 cm³/mol. The molecule has 13 nitrogen and oxygen atoms in total. The summed E-state index contributed by atoms with van der Waals surface area (Å²) in [5.41, 5.74) is 3.78. The number of rotatable bonds is 13. The van der Waals surface area contributed by atoms with Crippen LogP contribution in [-0.2, 0) is 72.7 Å². The van der Waals surface area contributed by atoms with Crippen LogP contribution in [0.1, 0.15) is 145 Å². The molecule has 2 amide bonds. The van der Waals surface area contributed by atoms with Crippen LogP contribution in [0.25, 0.3) is 0 Å². The van der Waals surface area contributed by atoms with E-state index < -0.39 is 61.0 Å². The number of hydrogen-bond donors (Lipinski definition) is 4. The molecule has 0 saturated carbocycles. The summed E-state index contributed by atoms with van der Waals surface area (Å²) in [6.45, 7) is 11.9. The quantitative estimate of drug-likeness (QED) is 0.107. The molecule has 2 aliphatic rings. The minimum absolute atomic E-state index is 0.0571. The Labute approximate surface area is 359 Å². The normalized spacial score (nSPS) is 17.6. The zero-order chi connectivity index (χ0) is 44.1. The molecule has 0 fully saturated rings. The Bertz CT molecular complexity index is 2670. The molecule has 4 aromatic rings. The van der Waals surface area contributed by atoms with Gasteiger partial charge in [0.2, 0.25) is 14.6 Å². The van der Waals surface area contributed by atoms with E-state index in [1.165, 1.54) is 44.9 Å². The lowest BCUT2D eigenvalue weighted by Gasteiger charge is -2.26. The summed E-state index contributed by atoms with van der Waals surface area (Å²) in [5.74, 6) is -2.93. The lowest BCUT2D eigenvalue weighted by Crippen LogP contribution is -2.32. The van der Waals surface area contributed by atoms with Crippen LogP contribution in [-0.4, -0.2) is 47.5 Å². The largest absolute Gasteiger partial charge is 0.385 e. The average molecular weight is 898 g/mol. The number of fused-ring (bicyclic) bond motifs is 2. The molecule has 4 atom stereocenters. The van der Waals surface area contributed by atoms with E-state index in [9.17, 15) is 33.5 Å². The zero-order valence-electron chi connectivity index (χ0n) is 35.1. The summed E-state index contributed by atoms with van der Waals surface area (Å²) in [7, 11) is -5.90. The number of aliphatic hydroxyl groups is 2.